The fraction of sp³-hybridized carbons (Fsp3) is 0.182. The maximum absolute atomic E-state index is 6.29. The van der Waals surface area contributed by atoms with Crippen molar-refractivity contribution in [1.82, 2.24) is 0 Å². The summed E-state index contributed by atoms with van der Waals surface area (Å²) in [7, 11) is 0. The van der Waals surface area contributed by atoms with E-state index in [1.54, 1.807) is 0 Å². The SMILES string of the molecule is Cc1ccc2c(c1)[C@@H]1C=CC[C@@H]1[C@H](c1ccc(N=Cc3cc(Cl)ccc3OCc3ccc(Br)cc3)cc1)N2. The van der Waals surface area contributed by atoms with Crippen LogP contribution in [0.25, 0.3) is 0 Å². The first-order valence-corrected chi connectivity index (χ1v) is 14.1. The van der Waals surface area contributed by atoms with Crippen molar-refractivity contribution < 1.29 is 4.74 Å². The first-order chi connectivity index (χ1) is 18.5. The van der Waals surface area contributed by atoms with Crippen LogP contribution >= 0.6 is 27.5 Å². The van der Waals surface area contributed by atoms with Crippen molar-refractivity contribution in [3.05, 3.63) is 134 Å². The quantitative estimate of drug-likeness (QED) is 0.181. The molecule has 190 valence electrons. The highest BCUT2D eigenvalue weighted by Gasteiger charge is 2.37. The lowest BCUT2D eigenvalue weighted by Gasteiger charge is -2.37. The second kappa shape index (κ2) is 10.8. The van der Waals surface area contributed by atoms with E-state index in [9.17, 15) is 0 Å². The zero-order valence-corrected chi connectivity index (χ0v) is 23.4. The Morgan fingerprint density at radius 2 is 1.82 bits per heavy atom. The third-order valence-corrected chi connectivity index (χ3v) is 8.17. The summed E-state index contributed by atoms with van der Waals surface area (Å²) in [6.07, 6.45) is 7.64. The fourth-order valence-electron chi connectivity index (χ4n) is 5.45. The molecule has 0 bridgehead atoms. The number of nitrogens with one attached hydrogen (secondary N) is 1. The minimum Gasteiger partial charge on any atom is -0.488 e. The number of ether oxygens (including phenoxy) is 1. The Hall–Kier alpha value is -3.34. The highest BCUT2D eigenvalue weighted by Crippen LogP contribution is 2.50. The number of benzene rings is 4. The van der Waals surface area contributed by atoms with Crippen LogP contribution in [0.4, 0.5) is 11.4 Å². The number of hydrogen-bond acceptors (Lipinski definition) is 3. The first kappa shape index (κ1) is 25.0. The maximum Gasteiger partial charge on any atom is 0.128 e. The molecule has 1 heterocycles. The molecule has 0 fully saturated rings. The normalized spacial score (nSPS) is 19.7. The van der Waals surface area contributed by atoms with E-state index in [0.717, 1.165) is 33.5 Å². The van der Waals surface area contributed by atoms with E-state index in [1.807, 2.05) is 48.7 Å². The second-order valence-corrected chi connectivity index (χ2v) is 11.4. The molecular weight excluding hydrogens is 556 g/mol. The summed E-state index contributed by atoms with van der Waals surface area (Å²) in [5, 5.41) is 4.47. The molecule has 0 amide bonds. The van der Waals surface area contributed by atoms with Gasteiger partial charge in [0, 0.05) is 32.9 Å². The van der Waals surface area contributed by atoms with Crippen molar-refractivity contribution in [2.45, 2.75) is 31.9 Å². The summed E-state index contributed by atoms with van der Waals surface area (Å²) in [5.41, 5.74) is 8.09. The number of anilines is 1. The van der Waals surface area contributed by atoms with Gasteiger partial charge in [-0.25, -0.2) is 0 Å². The van der Waals surface area contributed by atoms with Crippen molar-refractivity contribution in [2.24, 2.45) is 10.9 Å². The molecule has 6 rings (SSSR count). The molecule has 1 aliphatic heterocycles. The van der Waals surface area contributed by atoms with E-state index >= 15 is 0 Å². The van der Waals surface area contributed by atoms with E-state index in [0.29, 0.717) is 23.5 Å². The number of aliphatic imine (C=N–C) groups is 1. The van der Waals surface area contributed by atoms with E-state index in [2.05, 4.69) is 82.8 Å². The molecule has 0 aromatic heterocycles. The third-order valence-electron chi connectivity index (χ3n) is 7.40. The second-order valence-electron chi connectivity index (χ2n) is 10.0. The zero-order valence-electron chi connectivity index (χ0n) is 21.1. The van der Waals surface area contributed by atoms with E-state index in [-0.39, 0.29) is 6.04 Å². The highest BCUT2D eigenvalue weighted by atomic mass is 79.9. The van der Waals surface area contributed by atoms with E-state index < -0.39 is 0 Å². The average molecular weight is 584 g/mol. The third kappa shape index (κ3) is 5.29. The van der Waals surface area contributed by atoms with Crippen molar-refractivity contribution in [3.63, 3.8) is 0 Å². The summed E-state index contributed by atoms with van der Waals surface area (Å²) in [6.45, 7) is 2.64. The van der Waals surface area contributed by atoms with Crippen LogP contribution in [0.5, 0.6) is 5.75 Å². The lowest BCUT2D eigenvalue weighted by Crippen LogP contribution is -2.29. The fourth-order valence-corrected chi connectivity index (χ4v) is 5.89. The summed E-state index contributed by atoms with van der Waals surface area (Å²) in [6, 6.07) is 29.3. The Bertz CT molecular complexity index is 1510. The number of allylic oxidation sites excluding steroid dienone is 2. The number of rotatable bonds is 6. The number of aryl methyl sites for hydroxylation is 1. The Balaban J connectivity index is 1.19. The summed E-state index contributed by atoms with van der Waals surface area (Å²) >= 11 is 9.77. The Kier molecular flexibility index (Phi) is 7.10. The van der Waals surface area contributed by atoms with Crippen LogP contribution in [0.1, 0.15) is 46.2 Å². The van der Waals surface area contributed by atoms with Gasteiger partial charge in [0.15, 0.2) is 0 Å². The molecule has 1 aliphatic carbocycles. The molecule has 4 aromatic rings. The highest BCUT2D eigenvalue weighted by molar-refractivity contribution is 9.10. The van der Waals surface area contributed by atoms with Gasteiger partial charge < -0.3 is 10.1 Å². The van der Waals surface area contributed by atoms with Gasteiger partial charge in [0.2, 0.25) is 0 Å². The number of halogens is 2. The molecule has 3 atom stereocenters. The smallest absolute Gasteiger partial charge is 0.128 e. The lowest BCUT2D eigenvalue weighted by molar-refractivity contribution is 0.306. The van der Waals surface area contributed by atoms with Crippen molar-refractivity contribution >= 4 is 45.1 Å². The summed E-state index contributed by atoms with van der Waals surface area (Å²) in [4.78, 5) is 4.74. The lowest BCUT2D eigenvalue weighted by atomic mass is 9.76. The van der Waals surface area contributed by atoms with Crippen LogP contribution < -0.4 is 10.1 Å². The van der Waals surface area contributed by atoms with Crippen molar-refractivity contribution in [2.75, 3.05) is 5.32 Å². The molecule has 5 heteroatoms. The van der Waals surface area contributed by atoms with E-state index in [1.165, 1.54) is 22.4 Å². The Morgan fingerprint density at radius 1 is 1.00 bits per heavy atom. The van der Waals surface area contributed by atoms with Gasteiger partial charge in [0.05, 0.1) is 11.7 Å². The van der Waals surface area contributed by atoms with Crippen LogP contribution in [-0.4, -0.2) is 6.21 Å². The molecule has 0 unspecified atom stereocenters. The van der Waals surface area contributed by atoms with Crippen LogP contribution in [0, 0.1) is 12.8 Å². The van der Waals surface area contributed by atoms with Gasteiger partial charge in [-0.1, -0.05) is 81.6 Å². The topological polar surface area (TPSA) is 33.6 Å². The van der Waals surface area contributed by atoms with Gasteiger partial charge in [-0.15, -0.1) is 0 Å². The molecule has 38 heavy (non-hydrogen) atoms. The summed E-state index contributed by atoms with van der Waals surface area (Å²) < 4.78 is 7.15. The van der Waals surface area contributed by atoms with Crippen molar-refractivity contribution in [1.29, 1.82) is 0 Å². The van der Waals surface area contributed by atoms with Gasteiger partial charge in [-0.05, 0) is 84.5 Å². The van der Waals surface area contributed by atoms with Gasteiger partial charge in [0.25, 0.3) is 0 Å². The minimum absolute atomic E-state index is 0.273. The monoisotopic (exact) mass is 582 g/mol. The maximum atomic E-state index is 6.29. The van der Waals surface area contributed by atoms with E-state index in [4.69, 9.17) is 21.3 Å². The number of hydrogen-bond donors (Lipinski definition) is 1. The van der Waals surface area contributed by atoms with Crippen LogP contribution in [0.15, 0.2) is 107 Å². The van der Waals surface area contributed by atoms with Crippen molar-refractivity contribution in [3.8, 4) is 5.75 Å². The standard InChI is InChI=1S/C33H28BrClN2O/c1-21-5-15-31-30(17-21)28-3-2-4-29(28)33(37-31)23-8-13-27(14-9-23)36-19-24-18-26(35)12-16-32(24)38-20-22-6-10-25(34)11-7-22/h2-3,5-19,28-29,33,37H,4,20H2,1H3/t28-,29+,33+/m1/s1. The Morgan fingerprint density at radius 3 is 2.63 bits per heavy atom. The molecule has 0 radical (unpaired) electrons. The van der Waals surface area contributed by atoms with Gasteiger partial charge >= 0.3 is 0 Å². The van der Waals surface area contributed by atoms with Gasteiger partial charge in [-0.3, -0.25) is 4.99 Å². The molecule has 3 nitrogen and oxygen atoms in total. The summed E-state index contributed by atoms with van der Waals surface area (Å²) in [5.74, 6) is 1.74. The Labute approximate surface area is 237 Å². The number of nitrogens with zero attached hydrogens (tertiary/aromatic N) is 1. The zero-order chi connectivity index (χ0) is 26.1. The largest absolute Gasteiger partial charge is 0.488 e. The van der Waals surface area contributed by atoms with Gasteiger partial charge in [0.1, 0.15) is 12.4 Å². The molecule has 1 N–H and O–H groups in total. The molecule has 0 saturated heterocycles. The van der Waals surface area contributed by atoms with Crippen LogP contribution in [0.3, 0.4) is 0 Å². The predicted molar refractivity (Wildman–Crippen MR) is 161 cm³/mol. The number of fused-ring (bicyclic) bond motifs is 3. The molecule has 4 aromatic carbocycles. The first-order valence-electron chi connectivity index (χ1n) is 12.9. The van der Waals surface area contributed by atoms with Crippen LogP contribution in [0.2, 0.25) is 5.02 Å². The van der Waals surface area contributed by atoms with Crippen LogP contribution in [-0.2, 0) is 6.61 Å². The van der Waals surface area contributed by atoms with Gasteiger partial charge in [-0.2, -0.15) is 0 Å². The minimum atomic E-state index is 0.273. The molecule has 0 saturated carbocycles. The molecular formula is C33H28BrClN2O. The molecule has 2 aliphatic rings. The average Bonchev–Trinajstić information content (AvgIpc) is 3.43. The molecule has 0 spiro atoms. The predicted octanol–water partition coefficient (Wildman–Crippen LogP) is 9.57.